The molecule has 3 rings (SSSR count). The zero-order chi connectivity index (χ0) is 17.2. The van der Waals surface area contributed by atoms with Crippen LogP contribution in [0.25, 0.3) is 11.3 Å². The lowest BCUT2D eigenvalue weighted by Crippen LogP contribution is -2.21. The minimum absolute atomic E-state index is 0.0978. The van der Waals surface area contributed by atoms with Gasteiger partial charge in [0.25, 0.3) is 0 Å². The number of nitrogens with one attached hydrogen (secondary N) is 1. The molecule has 2 aromatic heterocycles. The number of carbonyl (C=O) groups excluding carboxylic acids is 1. The van der Waals surface area contributed by atoms with Crippen LogP contribution >= 0.6 is 11.8 Å². The summed E-state index contributed by atoms with van der Waals surface area (Å²) < 4.78 is 38.2. The molecule has 0 aliphatic heterocycles. The monoisotopic (exact) mass is 351 g/mol. The standard InChI is InChI=1S/C16H12F3N3OS/c17-16(18,19)24-13-3-1-11(2-4-13)9-15(23)22-10-14(21-22)12-5-7-20-8-6-12/h1-8,10,21H,9H2. The third-order valence-corrected chi connectivity index (χ3v) is 4.01. The van der Waals surface area contributed by atoms with Crippen molar-refractivity contribution in [2.75, 3.05) is 0 Å². The number of benzene rings is 1. The van der Waals surface area contributed by atoms with Crippen LogP contribution < -0.4 is 0 Å². The molecule has 0 spiro atoms. The van der Waals surface area contributed by atoms with Gasteiger partial charge in [-0.2, -0.15) is 13.2 Å². The van der Waals surface area contributed by atoms with Crippen LogP contribution in [0.1, 0.15) is 10.4 Å². The lowest BCUT2D eigenvalue weighted by molar-refractivity contribution is -0.0328. The molecule has 0 bridgehead atoms. The molecule has 8 heteroatoms. The SMILES string of the molecule is O=C(Cc1ccc(SC(F)(F)F)cc1)n1cc(-c2ccncc2)[nH]1. The lowest BCUT2D eigenvalue weighted by Gasteiger charge is -2.14. The largest absolute Gasteiger partial charge is 0.446 e. The first-order valence-corrected chi connectivity index (χ1v) is 7.78. The Morgan fingerprint density at radius 2 is 1.75 bits per heavy atom. The van der Waals surface area contributed by atoms with Gasteiger partial charge in [0, 0.05) is 22.9 Å². The molecule has 1 aromatic carbocycles. The number of carbonyl (C=O) groups is 1. The quantitative estimate of drug-likeness (QED) is 0.710. The Morgan fingerprint density at radius 3 is 2.33 bits per heavy atom. The van der Waals surface area contributed by atoms with E-state index in [1.807, 2.05) is 12.1 Å². The maximum atomic E-state index is 12.3. The zero-order valence-electron chi connectivity index (χ0n) is 12.2. The van der Waals surface area contributed by atoms with Crippen molar-refractivity contribution < 1.29 is 18.0 Å². The van der Waals surface area contributed by atoms with Gasteiger partial charge in [-0.05, 0) is 41.6 Å². The number of hydrogen-bond donors (Lipinski definition) is 1. The van der Waals surface area contributed by atoms with E-state index < -0.39 is 5.51 Å². The van der Waals surface area contributed by atoms with Crippen molar-refractivity contribution in [3.8, 4) is 11.3 Å². The molecule has 0 aliphatic carbocycles. The van der Waals surface area contributed by atoms with E-state index in [2.05, 4.69) is 10.1 Å². The summed E-state index contributed by atoms with van der Waals surface area (Å²) in [5.74, 6) is -0.191. The summed E-state index contributed by atoms with van der Waals surface area (Å²) in [4.78, 5) is 16.1. The Morgan fingerprint density at radius 1 is 1.12 bits per heavy atom. The van der Waals surface area contributed by atoms with E-state index in [0.717, 1.165) is 11.3 Å². The van der Waals surface area contributed by atoms with Crippen molar-refractivity contribution in [2.24, 2.45) is 0 Å². The predicted octanol–water partition coefficient (Wildman–Crippen LogP) is 4.37. The number of H-pyrrole nitrogens is 1. The average molecular weight is 351 g/mol. The number of hydrogen-bond acceptors (Lipinski definition) is 3. The summed E-state index contributed by atoms with van der Waals surface area (Å²) in [5, 5.41) is 2.92. The number of thioether (sulfide) groups is 1. The van der Waals surface area contributed by atoms with Crippen LogP contribution in [0.5, 0.6) is 0 Å². The van der Waals surface area contributed by atoms with Crippen LogP contribution in [-0.4, -0.2) is 26.2 Å². The number of nitrogens with zero attached hydrogens (tertiary/aromatic N) is 2. The van der Waals surface area contributed by atoms with Crippen molar-refractivity contribution in [3.63, 3.8) is 0 Å². The fourth-order valence-corrected chi connectivity index (χ4v) is 2.67. The Bertz CT molecular complexity index is 810. The van der Waals surface area contributed by atoms with Gasteiger partial charge in [0.1, 0.15) is 0 Å². The van der Waals surface area contributed by atoms with Crippen molar-refractivity contribution in [1.29, 1.82) is 0 Å². The molecule has 0 unspecified atom stereocenters. The van der Waals surface area contributed by atoms with Crippen LogP contribution in [0.3, 0.4) is 0 Å². The normalized spacial score (nSPS) is 11.6. The second kappa shape index (κ2) is 6.56. The van der Waals surface area contributed by atoms with Gasteiger partial charge < -0.3 is 0 Å². The molecule has 1 N–H and O–H groups in total. The summed E-state index contributed by atoms with van der Waals surface area (Å²) in [6.07, 6.45) is 5.08. The van der Waals surface area contributed by atoms with Gasteiger partial charge in [0.15, 0.2) is 0 Å². The molecule has 0 fully saturated rings. The van der Waals surface area contributed by atoms with Gasteiger partial charge in [-0.25, -0.2) is 4.68 Å². The topological polar surface area (TPSA) is 50.7 Å². The summed E-state index contributed by atoms with van der Waals surface area (Å²) in [6.45, 7) is 0. The molecule has 2 heterocycles. The smallest absolute Gasteiger partial charge is 0.290 e. The number of pyridine rings is 1. The molecular weight excluding hydrogens is 339 g/mol. The van der Waals surface area contributed by atoms with Gasteiger partial charge in [-0.15, -0.1) is 0 Å². The Labute approximate surface area is 139 Å². The van der Waals surface area contributed by atoms with Crippen molar-refractivity contribution >= 4 is 17.7 Å². The van der Waals surface area contributed by atoms with Crippen LogP contribution in [0.15, 0.2) is 59.9 Å². The van der Waals surface area contributed by atoms with E-state index in [-0.39, 0.29) is 29.0 Å². The second-order valence-electron chi connectivity index (χ2n) is 5.02. The number of aromatic nitrogens is 3. The fourth-order valence-electron chi connectivity index (χ4n) is 2.13. The van der Waals surface area contributed by atoms with E-state index in [9.17, 15) is 18.0 Å². The maximum absolute atomic E-state index is 12.3. The Kier molecular flexibility index (Phi) is 4.48. The highest BCUT2D eigenvalue weighted by atomic mass is 32.2. The van der Waals surface area contributed by atoms with Gasteiger partial charge in [-0.1, -0.05) is 12.1 Å². The van der Waals surface area contributed by atoms with Crippen LogP contribution in [0, 0.1) is 0 Å². The predicted molar refractivity (Wildman–Crippen MR) is 84.7 cm³/mol. The molecule has 0 radical (unpaired) electrons. The molecule has 0 saturated carbocycles. The fraction of sp³-hybridized carbons (Fsp3) is 0.125. The van der Waals surface area contributed by atoms with Crippen LogP contribution in [0.4, 0.5) is 13.2 Å². The molecule has 0 aliphatic rings. The van der Waals surface area contributed by atoms with E-state index in [4.69, 9.17) is 0 Å². The van der Waals surface area contributed by atoms with Crippen molar-refractivity contribution in [1.82, 2.24) is 14.8 Å². The van der Waals surface area contributed by atoms with E-state index in [0.29, 0.717) is 5.56 Å². The summed E-state index contributed by atoms with van der Waals surface area (Å²) in [7, 11) is 0. The van der Waals surface area contributed by atoms with Gasteiger partial charge in [0.05, 0.1) is 18.3 Å². The van der Waals surface area contributed by atoms with Gasteiger partial charge in [0.2, 0.25) is 5.91 Å². The minimum Gasteiger partial charge on any atom is -0.290 e. The maximum Gasteiger partial charge on any atom is 0.446 e. The average Bonchev–Trinajstić information content (AvgIpc) is 2.47. The third-order valence-electron chi connectivity index (χ3n) is 3.27. The Hall–Kier alpha value is -2.48. The summed E-state index contributed by atoms with van der Waals surface area (Å²) >= 11 is -0.174. The first kappa shape index (κ1) is 16.4. The van der Waals surface area contributed by atoms with Crippen molar-refractivity contribution in [3.05, 3.63) is 60.6 Å². The number of rotatable bonds is 4. The highest BCUT2D eigenvalue weighted by Gasteiger charge is 2.29. The highest BCUT2D eigenvalue weighted by Crippen LogP contribution is 2.36. The minimum atomic E-state index is -4.31. The summed E-state index contributed by atoms with van der Waals surface area (Å²) in [5.41, 5.74) is -1.93. The Balaban J connectivity index is 1.61. The van der Waals surface area contributed by atoms with Crippen LogP contribution in [0.2, 0.25) is 0 Å². The molecule has 24 heavy (non-hydrogen) atoms. The van der Waals surface area contributed by atoms with E-state index in [1.54, 1.807) is 18.6 Å². The molecule has 124 valence electrons. The highest BCUT2D eigenvalue weighted by molar-refractivity contribution is 8.00. The molecule has 0 saturated heterocycles. The third kappa shape index (κ3) is 4.08. The van der Waals surface area contributed by atoms with E-state index in [1.165, 1.54) is 28.9 Å². The molecule has 0 amide bonds. The number of aromatic amines is 1. The number of alkyl halides is 3. The number of halogens is 3. The van der Waals surface area contributed by atoms with E-state index >= 15 is 0 Å². The van der Waals surface area contributed by atoms with Crippen LogP contribution in [-0.2, 0) is 6.42 Å². The summed E-state index contributed by atoms with van der Waals surface area (Å²) in [6, 6.07) is 9.42. The molecular formula is C16H12F3N3OS. The first-order valence-electron chi connectivity index (χ1n) is 6.96. The molecule has 4 nitrogen and oxygen atoms in total. The molecule has 0 atom stereocenters. The molecule has 3 aromatic rings. The second-order valence-corrected chi connectivity index (χ2v) is 6.16. The van der Waals surface area contributed by atoms with Gasteiger partial charge >= 0.3 is 5.51 Å². The lowest BCUT2D eigenvalue weighted by atomic mass is 10.1. The first-order chi connectivity index (χ1) is 11.4. The van der Waals surface area contributed by atoms with Gasteiger partial charge in [-0.3, -0.25) is 14.9 Å². The zero-order valence-corrected chi connectivity index (χ0v) is 13.1. The van der Waals surface area contributed by atoms with Crippen molar-refractivity contribution in [2.45, 2.75) is 16.8 Å².